The van der Waals surface area contributed by atoms with Gasteiger partial charge in [-0.3, -0.25) is 9.78 Å². The summed E-state index contributed by atoms with van der Waals surface area (Å²) in [4.78, 5) is 21.8. The lowest BCUT2D eigenvalue weighted by molar-refractivity contribution is 0.628. The van der Waals surface area contributed by atoms with Crippen LogP contribution in [0.4, 0.5) is 4.39 Å². The lowest BCUT2D eigenvalue weighted by atomic mass is 10.1. The number of hydrogen-bond donors (Lipinski definition) is 0. The van der Waals surface area contributed by atoms with E-state index in [2.05, 4.69) is 15.1 Å². The molecule has 0 spiro atoms. The number of halogens is 1. The van der Waals surface area contributed by atoms with Gasteiger partial charge in [0.15, 0.2) is 5.65 Å². The van der Waals surface area contributed by atoms with E-state index < -0.39 is 0 Å². The van der Waals surface area contributed by atoms with Gasteiger partial charge in [0.25, 0.3) is 5.56 Å². The van der Waals surface area contributed by atoms with Gasteiger partial charge in [-0.1, -0.05) is 18.2 Å². The molecule has 0 fully saturated rings. The van der Waals surface area contributed by atoms with Crippen molar-refractivity contribution in [3.63, 3.8) is 0 Å². The minimum Gasteiger partial charge on any atom is -0.309 e. The standard InChI is InChI=1S/C22H16FN5O/c1-14-20(15-5-7-16(23)8-6-15)21-25-12-18-19(28(21)26-14)9-11-27(22(18)29)13-17-4-2-3-10-24-17/h2-12H,13H2,1H3. The molecule has 5 rings (SSSR count). The van der Waals surface area contributed by atoms with Crippen LogP contribution in [-0.4, -0.2) is 24.1 Å². The zero-order valence-electron chi connectivity index (χ0n) is 15.6. The van der Waals surface area contributed by atoms with Crippen LogP contribution in [0.5, 0.6) is 0 Å². The molecule has 0 radical (unpaired) electrons. The Labute approximate surface area is 164 Å². The van der Waals surface area contributed by atoms with Gasteiger partial charge in [-0.05, 0) is 42.8 Å². The van der Waals surface area contributed by atoms with E-state index in [9.17, 15) is 9.18 Å². The lowest BCUT2D eigenvalue weighted by Crippen LogP contribution is -2.21. The zero-order chi connectivity index (χ0) is 20.0. The number of nitrogens with zero attached hydrogens (tertiary/aromatic N) is 5. The van der Waals surface area contributed by atoms with Gasteiger partial charge in [0.05, 0.1) is 28.8 Å². The van der Waals surface area contributed by atoms with E-state index in [0.717, 1.165) is 22.5 Å². The fourth-order valence-electron chi connectivity index (χ4n) is 3.56. The third-order valence-electron chi connectivity index (χ3n) is 4.95. The molecular formula is C22H16FN5O. The van der Waals surface area contributed by atoms with Crippen molar-refractivity contribution in [1.82, 2.24) is 24.1 Å². The van der Waals surface area contributed by atoms with Gasteiger partial charge in [0.2, 0.25) is 0 Å². The Balaban J connectivity index is 1.68. The predicted molar refractivity (Wildman–Crippen MR) is 108 cm³/mol. The van der Waals surface area contributed by atoms with Gasteiger partial charge in [0, 0.05) is 24.2 Å². The Bertz CT molecular complexity index is 1410. The summed E-state index contributed by atoms with van der Waals surface area (Å²) >= 11 is 0. The van der Waals surface area contributed by atoms with Crippen molar-refractivity contribution in [1.29, 1.82) is 0 Å². The number of rotatable bonds is 3. The summed E-state index contributed by atoms with van der Waals surface area (Å²) in [7, 11) is 0. The molecule has 0 amide bonds. The molecule has 0 atom stereocenters. The van der Waals surface area contributed by atoms with E-state index in [1.165, 1.54) is 12.1 Å². The second kappa shape index (κ2) is 6.63. The summed E-state index contributed by atoms with van der Waals surface area (Å²) in [6, 6.07) is 13.7. The second-order valence-corrected chi connectivity index (χ2v) is 6.83. The van der Waals surface area contributed by atoms with Crippen molar-refractivity contribution < 1.29 is 4.39 Å². The molecule has 5 aromatic rings. The first kappa shape index (κ1) is 17.2. The molecule has 4 heterocycles. The molecule has 7 heteroatoms. The fraction of sp³-hybridized carbons (Fsp3) is 0.0909. The molecule has 0 saturated heterocycles. The van der Waals surface area contributed by atoms with Gasteiger partial charge in [-0.2, -0.15) is 5.10 Å². The molecular weight excluding hydrogens is 369 g/mol. The number of benzene rings is 1. The Hall–Kier alpha value is -3.87. The molecule has 0 N–H and O–H groups in total. The highest BCUT2D eigenvalue weighted by Crippen LogP contribution is 2.28. The van der Waals surface area contributed by atoms with Crippen molar-refractivity contribution in [2.24, 2.45) is 0 Å². The number of aryl methyl sites for hydroxylation is 1. The summed E-state index contributed by atoms with van der Waals surface area (Å²) in [6.45, 7) is 2.26. The SMILES string of the molecule is Cc1nn2c(ncc3c(=O)n(Cc4ccccn4)ccc32)c1-c1ccc(F)cc1. The highest BCUT2D eigenvalue weighted by Gasteiger charge is 2.16. The van der Waals surface area contributed by atoms with Crippen LogP contribution in [0.1, 0.15) is 11.4 Å². The smallest absolute Gasteiger partial charge is 0.261 e. The van der Waals surface area contributed by atoms with Crippen LogP contribution >= 0.6 is 0 Å². The van der Waals surface area contributed by atoms with Crippen molar-refractivity contribution in [3.8, 4) is 11.1 Å². The highest BCUT2D eigenvalue weighted by atomic mass is 19.1. The first-order valence-corrected chi connectivity index (χ1v) is 9.15. The third-order valence-corrected chi connectivity index (χ3v) is 4.95. The maximum absolute atomic E-state index is 13.3. The van der Waals surface area contributed by atoms with Crippen LogP contribution < -0.4 is 5.56 Å². The van der Waals surface area contributed by atoms with E-state index in [1.807, 2.05) is 31.2 Å². The molecule has 0 bridgehead atoms. The minimum absolute atomic E-state index is 0.154. The zero-order valence-corrected chi connectivity index (χ0v) is 15.6. The maximum Gasteiger partial charge on any atom is 0.261 e. The van der Waals surface area contributed by atoms with Gasteiger partial charge >= 0.3 is 0 Å². The quantitative estimate of drug-likeness (QED) is 0.476. The Morgan fingerprint density at radius 1 is 1.03 bits per heavy atom. The van der Waals surface area contributed by atoms with Crippen LogP contribution in [0.25, 0.3) is 27.7 Å². The predicted octanol–water partition coefficient (Wildman–Crippen LogP) is 3.60. The van der Waals surface area contributed by atoms with E-state index in [1.54, 1.807) is 39.8 Å². The maximum atomic E-state index is 13.3. The first-order chi connectivity index (χ1) is 14.1. The summed E-state index contributed by atoms with van der Waals surface area (Å²) < 4.78 is 16.6. The Morgan fingerprint density at radius 3 is 2.62 bits per heavy atom. The molecule has 0 aliphatic rings. The van der Waals surface area contributed by atoms with Crippen molar-refractivity contribution >= 4 is 16.6 Å². The summed E-state index contributed by atoms with van der Waals surface area (Å²) in [5.74, 6) is -0.297. The molecule has 0 unspecified atom stereocenters. The molecule has 1 aromatic carbocycles. The molecule has 0 aliphatic carbocycles. The molecule has 4 aromatic heterocycles. The first-order valence-electron chi connectivity index (χ1n) is 9.15. The fourth-order valence-corrected chi connectivity index (χ4v) is 3.56. The van der Waals surface area contributed by atoms with E-state index in [0.29, 0.717) is 23.1 Å². The highest BCUT2D eigenvalue weighted by molar-refractivity contribution is 5.86. The van der Waals surface area contributed by atoms with E-state index >= 15 is 0 Å². The Kier molecular flexibility index (Phi) is 3.94. The normalized spacial score (nSPS) is 11.4. The minimum atomic E-state index is -0.297. The molecule has 0 aliphatic heterocycles. The molecule has 142 valence electrons. The average Bonchev–Trinajstić information content (AvgIpc) is 3.08. The van der Waals surface area contributed by atoms with E-state index in [4.69, 9.17) is 0 Å². The number of aromatic nitrogens is 5. The third kappa shape index (κ3) is 2.87. The lowest BCUT2D eigenvalue weighted by Gasteiger charge is -2.08. The topological polar surface area (TPSA) is 65.1 Å². The van der Waals surface area contributed by atoms with E-state index in [-0.39, 0.29) is 11.4 Å². The second-order valence-electron chi connectivity index (χ2n) is 6.83. The number of hydrogen-bond acceptors (Lipinski definition) is 4. The van der Waals surface area contributed by atoms with Gasteiger partial charge < -0.3 is 4.57 Å². The summed E-state index contributed by atoms with van der Waals surface area (Å²) in [5.41, 5.74) is 4.36. The number of pyridine rings is 2. The van der Waals surface area contributed by atoms with Crippen LogP contribution in [-0.2, 0) is 6.54 Å². The van der Waals surface area contributed by atoms with Crippen molar-refractivity contribution in [3.05, 3.63) is 94.7 Å². The van der Waals surface area contributed by atoms with Crippen LogP contribution in [0.15, 0.2) is 71.9 Å². The molecule has 6 nitrogen and oxygen atoms in total. The van der Waals surface area contributed by atoms with Gasteiger partial charge in [-0.25, -0.2) is 13.9 Å². The van der Waals surface area contributed by atoms with Crippen LogP contribution in [0, 0.1) is 12.7 Å². The van der Waals surface area contributed by atoms with Crippen LogP contribution in [0.2, 0.25) is 0 Å². The largest absolute Gasteiger partial charge is 0.309 e. The molecule has 0 saturated carbocycles. The summed E-state index contributed by atoms with van der Waals surface area (Å²) in [6.07, 6.45) is 5.03. The van der Waals surface area contributed by atoms with Gasteiger partial charge in [0.1, 0.15) is 5.82 Å². The van der Waals surface area contributed by atoms with Crippen molar-refractivity contribution in [2.75, 3.05) is 0 Å². The number of fused-ring (bicyclic) bond motifs is 3. The molecule has 29 heavy (non-hydrogen) atoms. The average molecular weight is 385 g/mol. The van der Waals surface area contributed by atoms with Gasteiger partial charge in [-0.15, -0.1) is 0 Å². The monoisotopic (exact) mass is 385 g/mol. The van der Waals surface area contributed by atoms with Crippen LogP contribution in [0.3, 0.4) is 0 Å². The van der Waals surface area contributed by atoms with Crippen molar-refractivity contribution in [2.45, 2.75) is 13.5 Å². The Morgan fingerprint density at radius 2 is 1.86 bits per heavy atom. The summed E-state index contributed by atoms with van der Waals surface area (Å²) in [5, 5.41) is 5.07.